The van der Waals surface area contributed by atoms with Gasteiger partial charge in [-0.15, -0.1) is 0 Å². The summed E-state index contributed by atoms with van der Waals surface area (Å²) in [5.41, 5.74) is 3.91. The number of hydrogen-bond acceptors (Lipinski definition) is 5. The standard InChI is InChI=1S/C37H43N3O5S/c1-5-24-38-37(42)34(25-30-12-8-7-9-13-30)39(26-31-20-16-28(3)17-21-31)36(41)27-40(33-14-10-11-15-35(33)45-6-2)46(43,44)32-22-18-29(4)19-23-32/h7-23,34H,5-6,24-27H2,1-4H3,(H,38,42)/t34-/m1/s1. The van der Waals surface area contributed by atoms with Gasteiger partial charge in [0.15, 0.2) is 0 Å². The molecule has 1 N–H and O–H groups in total. The maximum Gasteiger partial charge on any atom is 0.264 e. The summed E-state index contributed by atoms with van der Waals surface area (Å²) in [4.78, 5) is 29.9. The van der Waals surface area contributed by atoms with E-state index in [1.165, 1.54) is 17.0 Å². The quantitative estimate of drug-likeness (QED) is 0.170. The summed E-state index contributed by atoms with van der Waals surface area (Å²) in [6.07, 6.45) is 0.987. The molecule has 0 aliphatic rings. The average molecular weight is 642 g/mol. The highest BCUT2D eigenvalue weighted by atomic mass is 32.2. The van der Waals surface area contributed by atoms with Gasteiger partial charge in [0.2, 0.25) is 11.8 Å². The summed E-state index contributed by atoms with van der Waals surface area (Å²) in [5.74, 6) is -0.482. The molecule has 4 aromatic rings. The van der Waals surface area contributed by atoms with Crippen LogP contribution in [0.25, 0.3) is 0 Å². The van der Waals surface area contributed by atoms with E-state index in [4.69, 9.17) is 4.74 Å². The highest BCUT2D eigenvalue weighted by Gasteiger charge is 2.35. The van der Waals surface area contributed by atoms with Gasteiger partial charge in [0.25, 0.3) is 10.0 Å². The number of carbonyl (C=O) groups excluding carboxylic acids is 2. The Balaban J connectivity index is 1.82. The number of nitrogens with one attached hydrogen (secondary N) is 1. The van der Waals surface area contributed by atoms with E-state index in [-0.39, 0.29) is 29.5 Å². The van der Waals surface area contributed by atoms with Gasteiger partial charge in [-0.05, 0) is 62.6 Å². The number of ether oxygens (including phenoxy) is 1. The van der Waals surface area contributed by atoms with Crippen LogP contribution in [0, 0.1) is 13.8 Å². The minimum Gasteiger partial charge on any atom is -0.492 e. The monoisotopic (exact) mass is 641 g/mol. The van der Waals surface area contributed by atoms with Crippen LogP contribution < -0.4 is 14.4 Å². The summed E-state index contributed by atoms with van der Waals surface area (Å²) < 4.78 is 35.5. The van der Waals surface area contributed by atoms with Crippen molar-refractivity contribution >= 4 is 27.5 Å². The van der Waals surface area contributed by atoms with E-state index < -0.39 is 28.5 Å². The molecule has 0 spiro atoms. The van der Waals surface area contributed by atoms with E-state index in [9.17, 15) is 18.0 Å². The first-order valence-corrected chi connectivity index (χ1v) is 17.1. The fourth-order valence-corrected chi connectivity index (χ4v) is 6.53. The Morgan fingerprint density at radius 2 is 1.39 bits per heavy atom. The predicted octanol–water partition coefficient (Wildman–Crippen LogP) is 6.06. The lowest BCUT2D eigenvalue weighted by Gasteiger charge is -2.34. The summed E-state index contributed by atoms with van der Waals surface area (Å²) in [7, 11) is -4.23. The van der Waals surface area contributed by atoms with Crippen molar-refractivity contribution in [2.24, 2.45) is 0 Å². The summed E-state index contributed by atoms with van der Waals surface area (Å²) in [6.45, 7) is 7.96. The summed E-state index contributed by atoms with van der Waals surface area (Å²) in [6, 6.07) is 29.7. The van der Waals surface area contributed by atoms with Gasteiger partial charge in [-0.2, -0.15) is 0 Å². The van der Waals surface area contributed by atoms with Gasteiger partial charge in [-0.25, -0.2) is 8.42 Å². The molecule has 0 fully saturated rings. The second kappa shape index (κ2) is 16.1. The highest BCUT2D eigenvalue weighted by Crippen LogP contribution is 2.33. The van der Waals surface area contributed by atoms with Gasteiger partial charge >= 0.3 is 0 Å². The van der Waals surface area contributed by atoms with E-state index >= 15 is 0 Å². The molecule has 0 heterocycles. The number of anilines is 1. The number of sulfonamides is 1. The molecular formula is C37H43N3O5S. The van der Waals surface area contributed by atoms with Crippen molar-refractivity contribution in [2.45, 2.75) is 58.0 Å². The lowest BCUT2D eigenvalue weighted by molar-refractivity contribution is -0.140. The molecule has 0 aromatic heterocycles. The average Bonchev–Trinajstić information content (AvgIpc) is 3.06. The predicted molar refractivity (Wildman–Crippen MR) is 182 cm³/mol. The molecule has 0 radical (unpaired) electrons. The van der Waals surface area contributed by atoms with Gasteiger partial charge < -0.3 is 15.0 Å². The normalized spacial score (nSPS) is 11.8. The lowest BCUT2D eigenvalue weighted by Crippen LogP contribution is -2.53. The second-order valence-electron chi connectivity index (χ2n) is 11.2. The van der Waals surface area contributed by atoms with Crippen molar-refractivity contribution < 1.29 is 22.7 Å². The van der Waals surface area contributed by atoms with Crippen LogP contribution in [0.1, 0.15) is 42.5 Å². The topological polar surface area (TPSA) is 96.0 Å². The van der Waals surface area contributed by atoms with E-state index in [0.29, 0.717) is 18.9 Å². The summed E-state index contributed by atoms with van der Waals surface area (Å²) in [5, 5.41) is 2.97. The Kier molecular flexibility index (Phi) is 12.0. The van der Waals surface area contributed by atoms with Crippen LogP contribution in [0.2, 0.25) is 0 Å². The number of para-hydroxylation sites is 2. The highest BCUT2D eigenvalue weighted by molar-refractivity contribution is 7.92. The third kappa shape index (κ3) is 8.75. The van der Waals surface area contributed by atoms with Crippen molar-refractivity contribution in [1.29, 1.82) is 0 Å². The smallest absolute Gasteiger partial charge is 0.264 e. The van der Waals surface area contributed by atoms with Crippen LogP contribution in [-0.4, -0.2) is 50.9 Å². The van der Waals surface area contributed by atoms with Crippen LogP contribution in [0.4, 0.5) is 5.69 Å². The van der Waals surface area contributed by atoms with E-state index in [1.54, 1.807) is 36.4 Å². The van der Waals surface area contributed by atoms with Crippen LogP contribution in [0.15, 0.2) is 108 Å². The van der Waals surface area contributed by atoms with Crippen molar-refractivity contribution in [3.05, 3.63) is 125 Å². The van der Waals surface area contributed by atoms with Crippen molar-refractivity contribution in [3.8, 4) is 5.75 Å². The van der Waals surface area contributed by atoms with Gasteiger partial charge in [0.1, 0.15) is 18.3 Å². The number of amides is 2. The van der Waals surface area contributed by atoms with Gasteiger partial charge in [-0.3, -0.25) is 13.9 Å². The molecule has 0 saturated carbocycles. The number of benzene rings is 4. The van der Waals surface area contributed by atoms with Crippen LogP contribution in [-0.2, 0) is 32.6 Å². The molecule has 0 unspecified atom stereocenters. The molecule has 1 atom stereocenters. The molecule has 9 heteroatoms. The Morgan fingerprint density at radius 1 is 0.783 bits per heavy atom. The Labute approximate surface area is 273 Å². The Hall–Kier alpha value is -4.63. The molecule has 8 nitrogen and oxygen atoms in total. The number of rotatable bonds is 15. The van der Waals surface area contributed by atoms with Gasteiger partial charge in [0.05, 0.1) is 17.2 Å². The zero-order valence-electron chi connectivity index (χ0n) is 27.0. The SMILES string of the molecule is CCCNC(=O)[C@@H](Cc1ccccc1)N(Cc1ccc(C)cc1)C(=O)CN(c1ccccc1OCC)S(=O)(=O)c1ccc(C)cc1. The third-order valence-corrected chi connectivity index (χ3v) is 9.39. The van der Waals surface area contributed by atoms with Crippen LogP contribution in [0.5, 0.6) is 5.75 Å². The minimum atomic E-state index is -4.23. The molecule has 0 bridgehead atoms. The fourth-order valence-electron chi connectivity index (χ4n) is 5.10. The van der Waals surface area contributed by atoms with Crippen molar-refractivity contribution in [1.82, 2.24) is 10.2 Å². The maximum absolute atomic E-state index is 14.6. The molecule has 46 heavy (non-hydrogen) atoms. The molecule has 4 rings (SSSR count). The Morgan fingerprint density at radius 3 is 2.02 bits per heavy atom. The van der Waals surface area contributed by atoms with Gasteiger partial charge in [0, 0.05) is 19.5 Å². The first-order chi connectivity index (χ1) is 22.1. The first-order valence-electron chi connectivity index (χ1n) is 15.6. The number of hydrogen-bond donors (Lipinski definition) is 1. The molecule has 0 aliphatic heterocycles. The van der Waals surface area contributed by atoms with E-state index in [2.05, 4.69) is 5.32 Å². The summed E-state index contributed by atoms with van der Waals surface area (Å²) >= 11 is 0. The molecule has 242 valence electrons. The minimum absolute atomic E-state index is 0.0452. The molecular weight excluding hydrogens is 598 g/mol. The lowest BCUT2D eigenvalue weighted by atomic mass is 10.0. The number of carbonyl (C=O) groups is 2. The largest absolute Gasteiger partial charge is 0.492 e. The third-order valence-electron chi connectivity index (χ3n) is 7.62. The number of aryl methyl sites for hydroxylation is 2. The number of nitrogens with zero attached hydrogens (tertiary/aromatic N) is 2. The molecule has 0 aliphatic carbocycles. The zero-order valence-corrected chi connectivity index (χ0v) is 27.8. The van der Waals surface area contributed by atoms with Crippen molar-refractivity contribution in [3.63, 3.8) is 0 Å². The molecule has 0 saturated heterocycles. The van der Waals surface area contributed by atoms with E-state index in [0.717, 1.165) is 33.0 Å². The first kappa shape index (κ1) is 34.2. The Bertz CT molecular complexity index is 1690. The fraction of sp³-hybridized carbons (Fsp3) is 0.297. The van der Waals surface area contributed by atoms with E-state index in [1.807, 2.05) is 82.3 Å². The zero-order chi connectivity index (χ0) is 33.1. The van der Waals surface area contributed by atoms with Crippen LogP contribution >= 0.6 is 0 Å². The van der Waals surface area contributed by atoms with Crippen molar-refractivity contribution in [2.75, 3.05) is 24.0 Å². The molecule has 2 amide bonds. The van der Waals surface area contributed by atoms with Crippen LogP contribution in [0.3, 0.4) is 0 Å². The maximum atomic E-state index is 14.6. The second-order valence-corrected chi connectivity index (χ2v) is 13.1. The molecule has 4 aromatic carbocycles. The van der Waals surface area contributed by atoms with Gasteiger partial charge in [-0.1, -0.05) is 96.9 Å².